The number of allylic oxidation sites excluding steroid dienone is 6. The molecule has 0 aromatic heterocycles. The summed E-state index contributed by atoms with van der Waals surface area (Å²) in [4.78, 5) is 1.08. The van der Waals surface area contributed by atoms with E-state index >= 15 is 0 Å². The Morgan fingerprint density at radius 1 is 1.25 bits per heavy atom. The highest BCUT2D eigenvalue weighted by atomic mass is 33.1. The van der Waals surface area contributed by atoms with Crippen molar-refractivity contribution in [2.45, 2.75) is 40.0 Å². The maximum Gasteiger partial charge on any atom is 0.0174 e. The van der Waals surface area contributed by atoms with Crippen molar-refractivity contribution in [1.29, 1.82) is 0 Å². The van der Waals surface area contributed by atoms with E-state index in [0.29, 0.717) is 0 Å². The molecule has 0 aliphatic rings. The Bertz CT molecular complexity index is 290. The van der Waals surface area contributed by atoms with Crippen LogP contribution in [0.5, 0.6) is 0 Å². The molecule has 0 unspecified atom stereocenters. The highest BCUT2D eigenvalue weighted by molar-refractivity contribution is 8.70. The number of hydrogen-bond donors (Lipinski definition) is 1. The van der Waals surface area contributed by atoms with Crippen molar-refractivity contribution in [3.63, 3.8) is 0 Å². The molecule has 0 aliphatic carbocycles. The van der Waals surface area contributed by atoms with Crippen LogP contribution in [0.2, 0.25) is 0 Å². The van der Waals surface area contributed by atoms with Gasteiger partial charge in [0.05, 0.1) is 0 Å². The molecule has 2 heteroatoms. The second-order valence-electron chi connectivity index (χ2n) is 3.65. The Morgan fingerprint density at radius 2 is 1.88 bits per heavy atom. The summed E-state index contributed by atoms with van der Waals surface area (Å²) >= 11 is 4.15. The van der Waals surface area contributed by atoms with Gasteiger partial charge in [0.15, 0.2) is 0 Å². The van der Waals surface area contributed by atoms with E-state index in [0.717, 1.165) is 24.2 Å². The average molecular weight is 254 g/mol. The van der Waals surface area contributed by atoms with Gasteiger partial charge in [-0.15, -0.1) is 11.7 Å². The average Bonchev–Trinajstić information content (AvgIpc) is 2.31. The fraction of sp³-hybridized carbons (Fsp3) is 0.429. The Hall–Kier alpha value is -0.340. The van der Waals surface area contributed by atoms with Gasteiger partial charge in [0.2, 0.25) is 0 Å². The van der Waals surface area contributed by atoms with Gasteiger partial charge in [0, 0.05) is 4.91 Å². The Labute approximate surface area is 109 Å². The predicted molar refractivity (Wildman–Crippen MR) is 81.9 cm³/mol. The molecule has 0 saturated carbocycles. The lowest BCUT2D eigenvalue weighted by molar-refractivity contribution is 0.958. The fourth-order valence-corrected chi connectivity index (χ4v) is 1.88. The lowest BCUT2D eigenvalue weighted by Gasteiger charge is -2.00. The van der Waals surface area contributed by atoms with Gasteiger partial charge in [0.25, 0.3) is 0 Å². The smallest absolute Gasteiger partial charge is 0.0174 e. The summed E-state index contributed by atoms with van der Waals surface area (Å²) in [6.07, 6.45) is 11.7. The predicted octanol–water partition coefficient (Wildman–Crippen LogP) is 5.72. The van der Waals surface area contributed by atoms with Crippen LogP contribution >= 0.6 is 22.5 Å². The number of hydrogen-bond acceptors (Lipinski definition) is 2. The van der Waals surface area contributed by atoms with Crippen LogP contribution < -0.4 is 0 Å². The third-order valence-electron chi connectivity index (χ3n) is 2.46. The summed E-state index contributed by atoms with van der Waals surface area (Å²) in [7, 11) is 1.42. The molecular formula is C14H22S2. The van der Waals surface area contributed by atoms with Gasteiger partial charge in [-0.1, -0.05) is 60.6 Å². The molecule has 16 heavy (non-hydrogen) atoms. The summed E-state index contributed by atoms with van der Waals surface area (Å²) in [5.74, 6) is 0. The van der Waals surface area contributed by atoms with Gasteiger partial charge >= 0.3 is 0 Å². The second-order valence-corrected chi connectivity index (χ2v) is 4.85. The molecule has 90 valence electrons. The third kappa shape index (κ3) is 7.02. The molecule has 0 rings (SSSR count). The highest BCUT2D eigenvalue weighted by Gasteiger charge is 1.91. The van der Waals surface area contributed by atoms with E-state index in [-0.39, 0.29) is 0 Å². The summed E-state index contributed by atoms with van der Waals surface area (Å²) in [5.41, 5.74) is 2.89. The molecule has 0 bridgehead atoms. The Morgan fingerprint density at radius 3 is 2.31 bits per heavy atom. The van der Waals surface area contributed by atoms with Crippen molar-refractivity contribution >= 4 is 22.5 Å². The van der Waals surface area contributed by atoms with Crippen molar-refractivity contribution < 1.29 is 0 Å². The molecule has 0 nitrogen and oxygen atoms in total. The first-order chi connectivity index (χ1) is 7.67. The number of thiol groups is 1. The molecule has 0 aliphatic heterocycles. The normalized spacial score (nSPS) is 12.5. The first-order valence-corrected chi connectivity index (χ1v) is 7.53. The van der Waals surface area contributed by atoms with Crippen LogP contribution in [0.4, 0.5) is 0 Å². The standard InChI is InChI=1S/C14H22S2/c1-5-13(6-2)10-8-12(4)9-11-14(7-3)16-15/h7,9-11,15H,3,5-6,8H2,1-2,4H3/b12-9-,14-11+. The molecule has 0 radical (unpaired) electrons. The van der Waals surface area contributed by atoms with Crippen LogP contribution in [-0.4, -0.2) is 0 Å². The second kappa shape index (κ2) is 9.86. The number of rotatable bonds is 7. The van der Waals surface area contributed by atoms with E-state index < -0.39 is 0 Å². The van der Waals surface area contributed by atoms with Gasteiger partial charge in [-0.05, 0) is 32.3 Å². The van der Waals surface area contributed by atoms with Crippen molar-refractivity contribution in [3.05, 3.63) is 46.9 Å². The van der Waals surface area contributed by atoms with Crippen molar-refractivity contribution in [2.24, 2.45) is 0 Å². The maximum absolute atomic E-state index is 4.15. The van der Waals surface area contributed by atoms with E-state index in [9.17, 15) is 0 Å². The summed E-state index contributed by atoms with van der Waals surface area (Å²) in [6.45, 7) is 10.3. The third-order valence-corrected chi connectivity index (χ3v) is 3.61. The largest absolute Gasteiger partial charge is 0.106 e. The molecule has 0 spiro atoms. The van der Waals surface area contributed by atoms with E-state index in [2.05, 4.69) is 57.2 Å². The van der Waals surface area contributed by atoms with E-state index in [4.69, 9.17) is 0 Å². The minimum Gasteiger partial charge on any atom is -0.106 e. The monoisotopic (exact) mass is 254 g/mol. The van der Waals surface area contributed by atoms with Crippen LogP contribution in [0.1, 0.15) is 40.0 Å². The molecule has 0 heterocycles. The molecule has 0 fully saturated rings. The topological polar surface area (TPSA) is 0 Å². The first kappa shape index (κ1) is 15.7. The molecule has 0 saturated heterocycles. The lowest BCUT2D eigenvalue weighted by atomic mass is 10.1. The van der Waals surface area contributed by atoms with Gasteiger partial charge in [-0.25, -0.2) is 0 Å². The molecular weight excluding hydrogens is 232 g/mol. The van der Waals surface area contributed by atoms with Crippen molar-refractivity contribution in [2.75, 3.05) is 0 Å². The Kier molecular flexibility index (Phi) is 9.65. The summed E-state index contributed by atoms with van der Waals surface area (Å²) in [6, 6.07) is 0. The molecule has 0 aromatic carbocycles. The molecule has 0 aromatic rings. The minimum absolute atomic E-state index is 1.04. The zero-order valence-corrected chi connectivity index (χ0v) is 12.2. The van der Waals surface area contributed by atoms with Crippen molar-refractivity contribution in [1.82, 2.24) is 0 Å². The van der Waals surface area contributed by atoms with Gasteiger partial charge in [-0.3, -0.25) is 0 Å². The zero-order valence-electron chi connectivity index (χ0n) is 10.5. The zero-order chi connectivity index (χ0) is 12.4. The summed E-state index contributed by atoms with van der Waals surface area (Å²) < 4.78 is 0. The van der Waals surface area contributed by atoms with Gasteiger partial charge in [-0.2, -0.15) is 0 Å². The molecule has 0 amide bonds. The van der Waals surface area contributed by atoms with Crippen LogP contribution in [-0.2, 0) is 0 Å². The van der Waals surface area contributed by atoms with Gasteiger partial charge in [0.1, 0.15) is 0 Å². The molecule has 0 N–H and O–H groups in total. The van der Waals surface area contributed by atoms with E-state index in [1.807, 2.05) is 6.08 Å². The van der Waals surface area contributed by atoms with Gasteiger partial charge < -0.3 is 0 Å². The SMILES string of the molecule is C=C/C(=C\C=C(\C)CC=C(CC)CC)SS. The van der Waals surface area contributed by atoms with Crippen LogP contribution in [0, 0.1) is 0 Å². The molecule has 0 atom stereocenters. The highest BCUT2D eigenvalue weighted by Crippen LogP contribution is 2.20. The fourth-order valence-electron chi connectivity index (χ4n) is 1.27. The van der Waals surface area contributed by atoms with Crippen LogP contribution in [0.3, 0.4) is 0 Å². The van der Waals surface area contributed by atoms with Crippen LogP contribution in [0.25, 0.3) is 0 Å². The minimum atomic E-state index is 1.04. The lowest BCUT2D eigenvalue weighted by Crippen LogP contribution is -1.79. The summed E-state index contributed by atoms with van der Waals surface area (Å²) in [5, 5.41) is 0. The van der Waals surface area contributed by atoms with E-state index in [1.54, 1.807) is 0 Å². The Balaban J connectivity index is 4.40. The van der Waals surface area contributed by atoms with Crippen LogP contribution in [0.15, 0.2) is 46.9 Å². The van der Waals surface area contributed by atoms with Crippen molar-refractivity contribution in [3.8, 4) is 0 Å². The first-order valence-electron chi connectivity index (χ1n) is 5.67. The quantitative estimate of drug-likeness (QED) is 0.262. The maximum atomic E-state index is 4.15. The van der Waals surface area contributed by atoms with E-state index in [1.165, 1.54) is 21.9 Å².